The first-order chi connectivity index (χ1) is 22.3. The topological polar surface area (TPSA) is 275 Å². The van der Waals surface area contributed by atoms with Crippen LogP contribution in [0.3, 0.4) is 0 Å². The standard InChI is InChI=1S/C31H43N7O9/c1-34-17-26(41)35-25(16-27(42)43)31(47)38-24(15-19-7-11-21(40)12-8-19)30(46)37-23(14-18-5-9-20(39)10-6-18)29(45)36-22(28(33)44)4-2-3-13-32/h5-12,22-25,34,39-40H,2-4,13-17,32H2,1H3,(H2,33,44)(H,35,41)(H,36,45)(H,37,46)(H,38,47)(H,42,43). The van der Waals surface area contributed by atoms with Crippen LogP contribution in [0.2, 0.25) is 0 Å². The van der Waals surface area contributed by atoms with Gasteiger partial charge in [0.2, 0.25) is 29.5 Å². The van der Waals surface area contributed by atoms with Gasteiger partial charge in [-0.25, -0.2) is 0 Å². The fourth-order valence-corrected chi connectivity index (χ4v) is 4.54. The number of aliphatic carboxylic acids is 1. The van der Waals surface area contributed by atoms with E-state index in [0.717, 1.165) is 0 Å². The summed E-state index contributed by atoms with van der Waals surface area (Å²) in [5.74, 6) is -5.46. The summed E-state index contributed by atoms with van der Waals surface area (Å²) < 4.78 is 0. The number of carbonyl (C=O) groups excluding carboxylic acids is 5. The van der Waals surface area contributed by atoms with Crippen molar-refractivity contribution in [2.75, 3.05) is 20.1 Å². The normalized spacial score (nSPS) is 13.3. The molecule has 0 aromatic heterocycles. The molecule has 2 rings (SSSR count). The maximum absolute atomic E-state index is 13.8. The highest BCUT2D eigenvalue weighted by Gasteiger charge is 2.32. The quantitative estimate of drug-likeness (QED) is 0.0704. The Labute approximate surface area is 271 Å². The summed E-state index contributed by atoms with van der Waals surface area (Å²) in [4.78, 5) is 76.3. The van der Waals surface area contributed by atoms with Crippen LogP contribution in [-0.2, 0) is 41.6 Å². The third-order valence-corrected chi connectivity index (χ3v) is 6.99. The molecular weight excluding hydrogens is 614 g/mol. The zero-order valence-electron chi connectivity index (χ0n) is 26.0. The van der Waals surface area contributed by atoms with E-state index in [1.165, 1.54) is 55.6 Å². The maximum Gasteiger partial charge on any atom is 0.305 e. The number of likely N-dealkylation sites (N-methyl/N-ethyl adjacent to an activating group) is 1. The van der Waals surface area contributed by atoms with Gasteiger partial charge in [-0.2, -0.15) is 0 Å². The molecule has 12 N–H and O–H groups in total. The number of phenolic OH excluding ortho intramolecular Hbond substituents is 2. The Morgan fingerprint density at radius 2 is 1.13 bits per heavy atom. The van der Waals surface area contributed by atoms with Gasteiger partial charge in [0.05, 0.1) is 13.0 Å². The first-order valence-corrected chi connectivity index (χ1v) is 14.9. The fourth-order valence-electron chi connectivity index (χ4n) is 4.54. The Morgan fingerprint density at radius 1 is 0.681 bits per heavy atom. The SMILES string of the molecule is CNCC(=O)NC(CC(=O)O)C(=O)NC(Cc1ccc(O)cc1)C(=O)NC(Cc1ccc(O)cc1)C(=O)NC(CCCCN)C(N)=O. The number of amides is 5. The van der Waals surface area contributed by atoms with Crippen molar-refractivity contribution in [3.63, 3.8) is 0 Å². The summed E-state index contributed by atoms with van der Waals surface area (Å²) in [6, 6.07) is 6.32. The Kier molecular flexibility index (Phi) is 15.6. The van der Waals surface area contributed by atoms with Crippen LogP contribution in [0.4, 0.5) is 0 Å². The smallest absolute Gasteiger partial charge is 0.305 e. The summed E-state index contributed by atoms with van der Waals surface area (Å²) >= 11 is 0. The molecular formula is C31H43N7O9. The molecule has 4 unspecified atom stereocenters. The van der Waals surface area contributed by atoms with E-state index < -0.39 is 66.1 Å². The van der Waals surface area contributed by atoms with Gasteiger partial charge >= 0.3 is 5.97 Å². The minimum absolute atomic E-state index is 0.0260. The second-order valence-electron chi connectivity index (χ2n) is 10.9. The van der Waals surface area contributed by atoms with Crippen molar-refractivity contribution in [2.24, 2.45) is 11.5 Å². The lowest BCUT2D eigenvalue weighted by Crippen LogP contribution is -2.59. The molecule has 4 atom stereocenters. The molecule has 0 saturated heterocycles. The number of nitrogens with two attached hydrogens (primary N) is 2. The molecule has 0 saturated carbocycles. The van der Waals surface area contributed by atoms with Gasteiger partial charge in [0.1, 0.15) is 35.7 Å². The number of nitrogens with one attached hydrogen (secondary N) is 5. The molecule has 16 heteroatoms. The Hall–Kier alpha value is -5.22. The van der Waals surface area contributed by atoms with Gasteiger partial charge in [-0.05, 0) is 68.2 Å². The van der Waals surface area contributed by atoms with Gasteiger partial charge in [-0.3, -0.25) is 28.8 Å². The molecule has 0 radical (unpaired) electrons. The van der Waals surface area contributed by atoms with E-state index in [4.69, 9.17) is 11.5 Å². The Balaban J connectivity index is 2.40. The molecule has 256 valence electrons. The average Bonchev–Trinajstić information content (AvgIpc) is 3.01. The van der Waals surface area contributed by atoms with E-state index in [9.17, 15) is 44.1 Å². The number of carbonyl (C=O) groups is 6. The molecule has 0 aliphatic carbocycles. The third-order valence-electron chi connectivity index (χ3n) is 6.99. The molecule has 2 aromatic carbocycles. The van der Waals surface area contributed by atoms with Crippen molar-refractivity contribution in [3.8, 4) is 11.5 Å². The minimum Gasteiger partial charge on any atom is -0.508 e. The van der Waals surface area contributed by atoms with Crippen molar-refractivity contribution >= 4 is 35.5 Å². The number of benzene rings is 2. The number of carboxylic acids is 1. The monoisotopic (exact) mass is 657 g/mol. The number of primary amides is 1. The summed E-state index contributed by atoms with van der Waals surface area (Å²) in [6.07, 6.45) is 0.278. The Bertz CT molecular complexity index is 1370. The molecule has 5 amide bonds. The van der Waals surface area contributed by atoms with Gasteiger partial charge in [-0.15, -0.1) is 0 Å². The summed E-state index contributed by atoms with van der Waals surface area (Å²) in [6.45, 7) is 0.174. The fraction of sp³-hybridized carbons (Fsp3) is 0.419. The lowest BCUT2D eigenvalue weighted by atomic mass is 10.0. The van der Waals surface area contributed by atoms with Crippen molar-refractivity contribution in [1.29, 1.82) is 0 Å². The lowest BCUT2D eigenvalue weighted by molar-refractivity contribution is -0.141. The van der Waals surface area contributed by atoms with Gasteiger partial charge in [-0.1, -0.05) is 24.3 Å². The van der Waals surface area contributed by atoms with E-state index in [-0.39, 0.29) is 37.3 Å². The number of aromatic hydroxyl groups is 2. The third kappa shape index (κ3) is 13.8. The summed E-state index contributed by atoms with van der Waals surface area (Å²) in [5.41, 5.74) is 12.1. The second-order valence-corrected chi connectivity index (χ2v) is 10.9. The van der Waals surface area contributed by atoms with Gasteiger partial charge in [0, 0.05) is 12.8 Å². The van der Waals surface area contributed by atoms with Crippen LogP contribution in [0.25, 0.3) is 0 Å². The van der Waals surface area contributed by atoms with Crippen LogP contribution in [-0.4, -0.2) is 95.1 Å². The molecule has 0 bridgehead atoms. The van der Waals surface area contributed by atoms with Crippen LogP contribution in [0.1, 0.15) is 36.8 Å². The maximum atomic E-state index is 13.8. The predicted molar refractivity (Wildman–Crippen MR) is 170 cm³/mol. The average molecular weight is 658 g/mol. The first kappa shape index (κ1) is 38.0. The van der Waals surface area contributed by atoms with E-state index in [2.05, 4.69) is 26.6 Å². The van der Waals surface area contributed by atoms with Crippen molar-refractivity contribution < 1.29 is 44.1 Å². The van der Waals surface area contributed by atoms with E-state index in [1.54, 1.807) is 0 Å². The zero-order valence-corrected chi connectivity index (χ0v) is 26.0. The molecule has 16 nitrogen and oxygen atoms in total. The lowest BCUT2D eigenvalue weighted by Gasteiger charge is -2.26. The largest absolute Gasteiger partial charge is 0.508 e. The van der Waals surface area contributed by atoms with E-state index in [1.807, 2.05) is 0 Å². The van der Waals surface area contributed by atoms with Crippen LogP contribution >= 0.6 is 0 Å². The highest BCUT2D eigenvalue weighted by molar-refractivity contribution is 5.96. The highest BCUT2D eigenvalue weighted by atomic mass is 16.4. The van der Waals surface area contributed by atoms with Crippen LogP contribution in [0.5, 0.6) is 11.5 Å². The van der Waals surface area contributed by atoms with Crippen LogP contribution < -0.4 is 38.1 Å². The zero-order chi connectivity index (χ0) is 34.9. The second kappa shape index (κ2) is 19.3. The number of carboxylic acid groups (broad SMARTS) is 1. The number of hydrogen-bond acceptors (Lipinski definition) is 10. The summed E-state index contributed by atoms with van der Waals surface area (Å²) in [5, 5.41) is 41.3. The van der Waals surface area contributed by atoms with Crippen molar-refractivity contribution in [2.45, 2.75) is 62.7 Å². The summed E-state index contributed by atoms with van der Waals surface area (Å²) in [7, 11) is 1.49. The molecule has 0 heterocycles. The number of hydrogen-bond donors (Lipinski definition) is 10. The number of unbranched alkanes of at least 4 members (excludes halogenated alkanes) is 1. The first-order valence-electron chi connectivity index (χ1n) is 14.9. The molecule has 0 fully saturated rings. The van der Waals surface area contributed by atoms with E-state index in [0.29, 0.717) is 30.5 Å². The predicted octanol–water partition coefficient (Wildman–Crippen LogP) is -1.87. The molecule has 2 aromatic rings. The molecule has 0 spiro atoms. The Morgan fingerprint density at radius 3 is 1.53 bits per heavy atom. The van der Waals surface area contributed by atoms with E-state index >= 15 is 0 Å². The minimum atomic E-state index is -1.54. The van der Waals surface area contributed by atoms with Gasteiger partial charge in [0.25, 0.3) is 0 Å². The highest BCUT2D eigenvalue weighted by Crippen LogP contribution is 2.14. The molecule has 0 aliphatic heterocycles. The van der Waals surface area contributed by atoms with Crippen molar-refractivity contribution in [3.05, 3.63) is 59.7 Å². The number of phenols is 2. The van der Waals surface area contributed by atoms with Crippen molar-refractivity contribution in [1.82, 2.24) is 26.6 Å². The van der Waals surface area contributed by atoms with Crippen LogP contribution in [0, 0.1) is 0 Å². The molecule has 0 aliphatic rings. The van der Waals surface area contributed by atoms with Gasteiger partial charge < -0.3 is 53.4 Å². The van der Waals surface area contributed by atoms with Crippen LogP contribution in [0.15, 0.2) is 48.5 Å². The molecule has 47 heavy (non-hydrogen) atoms. The van der Waals surface area contributed by atoms with Gasteiger partial charge in [0.15, 0.2) is 0 Å². The number of rotatable bonds is 20.